The molecule has 2 aromatic rings. The highest BCUT2D eigenvalue weighted by Crippen LogP contribution is 2.29. The van der Waals surface area contributed by atoms with E-state index in [1.807, 2.05) is 12.3 Å². The molecule has 0 bridgehead atoms. The Hall–Kier alpha value is -2.35. The van der Waals surface area contributed by atoms with E-state index < -0.39 is 0 Å². The monoisotopic (exact) mass is 349 g/mol. The highest BCUT2D eigenvalue weighted by atomic mass is 16.6. The van der Waals surface area contributed by atoms with Crippen molar-refractivity contribution in [3.63, 3.8) is 0 Å². The minimum atomic E-state index is -0.0153. The van der Waals surface area contributed by atoms with Crippen LogP contribution < -0.4 is 4.74 Å². The highest BCUT2D eigenvalue weighted by Gasteiger charge is 2.18. The van der Waals surface area contributed by atoms with Gasteiger partial charge in [0.25, 0.3) is 0 Å². The van der Waals surface area contributed by atoms with Gasteiger partial charge in [-0.15, -0.1) is 0 Å². The van der Waals surface area contributed by atoms with Gasteiger partial charge in [-0.1, -0.05) is 17.9 Å². The van der Waals surface area contributed by atoms with Crippen LogP contribution in [0.25, 0.3) is 11.1 Å². The number of benzene rings is 1. The molecule has 4 rings (SSSR count). The zero-order valence-electron chi connectivity index (χ0n) is 15.0. The number of hydrogen-bond acceptors (Lipinski definition) is 4. The van der Waals surface area contributed by atoms with E-state index in [1.165, 1.54) is 18.4 Å². The van der Waals surface area contributed by atoms with E-state index in [0.717, 1.165) is 22.4 Å². The molecule has 1 saturated heterocycles. The van der Waals surface area contributed by atoms with Crippen LogP contribution in [0.4, 0.5) is 0 Å². The predicted molar refractivity (Wildman–Crippen MR) is 100 cm³/mol. The minimum absolute atomic E-state index is 0.0153. The average molecular weight is 349 g/mol. The summed E-state index contributed by atoms with van der Waals surface area (Å²) in [6.07, 6.45) is 6.09. The second-order valence-corrected chi connectivity index (χ2v) is 6.86. The third kappa shape index (κ3) is 4.43. The maximum absolute atomic E-state index is 5.85. The number of nitrogens with zero attached hydrogens (tertiary/aromatic N) is 1. The van der Waals surface area contributed by atoms with Crippen LogP contribution in [0.15, 0.2) is 36.7 Å². The van der Waals surface area contributed by atoms with E-state index in [1.54, 1.807) is 6.20 Å². The zero-order valence-corrected chi connectivity index (χ0v) is 15.0. The van der Waals surface area contributed by atoms with Gasteiger partial charge in [-0.3, -0.25) is 4.98 Å². The molecule has 4 heteroatoms. The van der Waals surface area contributed by atoms with Crippen molar-refractivity contribution in [3.05, 3.63) is 47.8 Å². The van der Waals surface area contributed by atoms with Crippen molar-refractivity contribution in [2.45, 2.75) is 25.9 Å². The second-order valence-electron chi connectivity index (χ2n) is 6.86. The van der Waals surface area contributed by atoms with Crippen LogP contribution >= 0.6 is 0 Å². The van der Waals surface area contributed by atoms with Crippen LogP contribution in [0.3, 0.4) is 0 Å². The molecular weight excluding hydrogens is 326 g/mol. The highest BCUT2D eigenvalue weighted by molar-refractivity contribution is 5.68. The molecule has 2 aliphatic rings. The first-order chi connectivity index (χ1) is 12.8. The summed E-state index contributed by atoms with van der Waals surface area (Å²) in [5, 5.41) is 0. The first kappa shape index (κ1) is 17.1. The van der Waals surface area contributed by atoms with Gasteiger partial charge in [-0.2, -0.15) is 0 Å². The van der Waals surface area contributed by atoms with E-state index >= 15 is 0 Å². The van der Waals surface area contributed by atoms with Gasteiger partial charge >= 0.3 is 0 Å². The van der Waals surface area contributed by atoms with Crippen molar-refractivity contribution in [1.29, 1.82) is 0 Å². The summed E-state index contributed by atoms with van der Waals surface area (Å²) in [4.78, 5) is 4.33. The molecule has 2 fully saturated rings. The zero-order chi connectivity index (χ0) is 17.8. The van der Waals surface area contributed by atoms with E-state index in [0.29, 0.717) is 32.3 Å². The smallest absolute Gasteiger partial charge is 0.138 e. The molecule has 2 heterocycles. The molecule has 0 radical (unpaired) electrons. The summed E-state index contributed by atoms with van der Waals surface area (Å²) < 4.78 is 16.9. The lowest BCUT2D eigenvalue weighted by Crippen LogP contribution is -2.33. The fourth-order valence-corrected chi connectivity index (χ4v) is 2.95. The number of aryl methyl sites for hydroxylation is 1. The van der Waals surface area contributed by atoms with Crippen LogP contribution in [-0.2, 0) is 9.47 Å². The van der Waals surface area contributed by atoms with Gasteiger partial charge < -0.3 is 14.2 Å². The van der Waals surface area contributed by atoms with Crippen LogP contribution in [0.2, 0.25) is 0 Å². The largest absolute Gasteiger partial charge is 0.489 e. The van der Waals surface area contributed by atoms with E-state index in [2.05, 4.69) is 41.9 Å². The van der Waals surface area contributed by atoms with Gasteiger partial charge in [-0.05, 0) is 49.1 Å². The molecule has 1 aromatic heterocycles. The number of aromatic nitrogens is 1. The maximum atomic E-state index is 5.85. The Balaban J connectivity index is 1.46. The molecule has 4 nitrogen and oxygen atoms in total. The summed E-state index contributed by atoms with van der Waals surface area (Å²) in [7, 11) is 0. The summed E-state index contributed by atoms with van der Waals surface area (Å²) in [5.41, 5.74) is 4.46. The standard InChI is InChI=1S/C22H23NO3/c1-16-10-18(5-4-17-2-3-17)6-7-22(16)19-11-20(13-23-12-19)26-15-21-14-24-8-9-25-21/h6-7,10-13,17,21H,2-3,8-9,14-15H2,1H3/t21-/m1/s1. The van der Waals surface area contributed by atoms with Crippen molar-refractivity contribution in [2.24, 2.45) is 5.92 Å². The molecule has 0 unspecified atom stereocenters. The summed E-state index contributed by atoms with van der Waals surface area (Å²) in [5.74, 6) is 7.95. The Kier molecular flexibility index (Phi) is 5.19. The average Bonchev–Trinajstić information content (AvgIpc) is 3.50. The van der Waals surface area contributed by atoms with Crippen LogP contribution in [-0.4, -0.2) is 37.5 Å². The van der Waals surface area contributed by atoms with Gasteiger partial charge in [0, 0.05) is 23.2 Å². The molecule has 134 valence electrons. The molecule has 1 saturated carbocycles. The first-order valence-corrected chi connectivity index (χ1v) is 9.18. The Morgan fingerprint density at radius 3 is 2.88 bits per heavy atom. The topological polar surface area (TPSA) is 40.6 Å². The molecule has 0 N–H and O–H groups in total. The van der Waals surface area contributed by atoms with Crippen LogP contribution in [0.5, 0.6) is 5.75 Å². The van der Waals surface area contributed by atoms with Crippen molar-refractivity contribution in [1.82, 2.24) is 4.98 Å². The first-order valence-electron chi connectivity index (χ1n) is 9.18. The molecule has 1 aliphatic heterocycles. The molecular formula is C22H23NO3. The van der Waals surface area contributed by atoms with E-state index in [9.17, 15) is 0 Å². The van der Waals surface area contributed by atoms with Crippen molar-refractivity contribution in [2.75, 3.05) is 26.4 Å². The maximum Gasteiger partial charge on any atom is 0.138 e. The normalized spacial score (nSPS) is 19.5. The fourth-order valence-electron chi connectivity index (χ4n) is 2.95. The van der Waals surface area contributed by atoms with Crippen LogP contribution in [0, 0.1) is 24.7 Å². The van der Waals surface area contributed by atoms with Crippen molar-refractivity contribution in [3.8, 4) is 28.7 Å². The van der Waals surface area contributed by atoms with Gasteiger partial charge in [0.15, 0.2) is 0 Å². The Labute approximate surface area is 154 Å². The number of hydrogen-bond donors (Lipinski definition) is 0. The Bertz CT molecular complexity index is 827. The molecule has 0 amide bonds. The SMILES string of the molecule is Cc1cc(C#CC2CC2)ccc1-c1cncc(OC[C@H]2COCCO2)c1. The molecule has 26 heavy (non-hydrogen) atoms. The van der Waals surface area contributed by atoms with E-state index in [4.69, 9.17) is 14.2 Å². The van der Waals surface area contributed by atoms with Gasteiger partial charge in [-0.25, -0.2) is 0 Å². The lowest BCUT2D eigenvalue weighted by Gasteiger charge is -2.22. The summed E-state index contributed by atoms with van der Waals surface area (Å²) in [6.45, 7) is 4.45. The minimum Gasteiger partial charge on any atom is -0.489 e. The van der Waals surface area contributed by atoms with Crippen molar-refractivity contribution < 1.29 is 14.2 Å². The van der Waals surface area contributed by atoms with Gasteiger partial charge in [0.05, 0.1) is 26.0 Å². The third-order valence-electron chi connectivity index (χ3n) is 4.57. The summed E-state index contributed by atoms with van der Waals surface area (Å²) >= 11 is 0. The number of pyridine rings is 1. The van der Waals surface area contributed by atoms with E-state index in [-0.39, 0.29) is 6.10 Å². The molecule has 0 spiro atoms. The lowest BCUT2D eigenvalue weighted by atomic mass is 9.99. The second kappa shape index (κ2) is 7.90. The molecule has 1 atom stereocenters. The quantitative estimate of drug-likeness (QED) is 0.791. The van der Waals surface area contributed by atoms with Crippen LogP contribution in [0.1, 0.15) is 24.0 Å². The van der Waals surface area contributed by atoms with Crippen molar-refractivity contribution >= 4 is 0 Å². The number of rotatable bonds is 4. The van der Waals surface area contributed by atoms with Gasteiger partial charge in [0.2, 0.25) is 0 Å². The lowest BCUT2D eigenvalue weighted by molar-refractivity contribution is -0.101. The fraction of sp³-hybridized carbons (Fsp3) is 0.409. The summed E-state index contributed by atoms with van der Waals surface area (Å²) in [6, 6.07) is 8.36. The molecule has 1 aromatic carbocycles. The van der Waals surface area contributed by atoms with Gasteiger partial charge in [0.1, 0.15) is 18.5 Å². The Morgan fingerprint density at radius 1 is 1.19 bits per heavy atom. The molecule has 1 aliphatic carbocycles. The number of ether oxygens (including phenoxy) is 3. The Morgan fingerprint density at radius 2 is 2.12 bits per heavy atom. The third-order valence-corrected chi connectivity index (χ3v) is 4.57. The predicted octanol–water partition coefficient (Wildman–Crippen LogP) is 3.61.